The summed E-state index contributed by atoms with van der Waals surface area (Å²) in [4.78, 5) is 16.5. The van der Waals surface area contributed by atoms with Gasteiger partial charge in [-0.05, 0) is 75.6 Å². The molecule has 6 rings (SSSR count). The predicted octanol–water partition coefficient (Wildman–Crippen LogP) is 6.93. The minimum absolute atomic E-state index is 0.0232. The van der Waals surface area contributed by atoms with Crippen LogP contribution < -0.4 is 14.2 Å². The van der Waals surface area contributed by atoms with E-state index in [4.69, 9.17) is 9.47 Å². The second kappa shape index (κ2) is 10.6. The maximum Gasteiger partial charge on any atom is 0.586 e. The summed E-state index contributed by atoms with van der Waals surface area (Å²) >= 11 is 0. The van der Waals surface area contributed by atoms with E-state index in [0.717, 1.165) is 11.1 Å². The summed E-state index contributed by atoms with van der Waals surface area (Å²) in [7, 11) is 0. The molecule has 0 radical (unpaired) electrons. The van der Waals surface area contributed by atoms with Crippen molar-refractivity contribution in [1.29, 1.82) is 0 Å². The van der Waals surface area contributed by atoms with Gasteiger partial charge in [0, 0.05) is 17.8 Å². The van der Waals surface area contributed by atoms with Gasteiger partial charge >= 0.3 is 18.4 Å². The zero-order valence-corrected chi connectivity index (χ0v) is 23.0. The monoisotopic (exact) mass is 609 g/mol. The molecule has 2 aromatic heterocycles. The number of hydrogen-bond acceptors (Lipinski definition) is 7. The largest absolute Gasteiger partial charge is 0.586 e. The van der Waals surface area contributed by atoms with Crippen molar-refractivity contribution in [2.75, 3.05) is 0 Å². The lowest BCUT2D eigenvalue weighted by Gasteiger charge is -2.38. The summed E-state index contributed by atoms with van der Waals surface area (Å²) in [6.45, 7) is 1.64. The Labute approximate surface area is 242 Å². The minimum atomic E-state index is -4.75. The van der Waals surface area contributed by atoms with E-state index >= 15 is 0 Å². The van der Waals surface area contributed by atoms with Crippen LogP contribution in [0.15, 0.2) is 36.5 Å². The van der Waals surface area contributed by atoms with Crippen LogP contribution in [0.1, 0.15) is 86.6 Å². The normalized spacial score (nSPS) is 21.2. The van der Waals surface area contributed by atoms with Crippen LogP contribution in [0.25, 0.3) is 5.69 Å². The Balaban J connectivity index is 1.33. The number of carbonyl (C=O) groups is 1. The lowest BCUT2D eigenvalue weighted by molar-refractivity contribution is -0.286. The molecular weight excluding hydrogens is 581 g/mol. The first-order valence-electron chi connectivity index (χ1n) is 14.0. The number of carboxylic acids is 1. The molecule has 1 aliphatic heterocycles. The summed E-state index contributed by atoms with van der Waals surface area (Å²) in [6, 6.07) is 7.05. The highest BCUT2D eigenvalue weighted by atomic mass is 19.4. The number of aliphatic carboxylic acids is 1. The van der Waals surface area contributed by atoms with Gasteiger partial charge in [-0.3, -0.25) is 0 Å². The Morgan fingerprint density at radius 2 is 1.84 bits per heavy atom. The first-order chi connectivity index (χ1) is 20.4. The Bertz CT molecular complexity index is 1540. The van der Waals surface area contributed by atoms with Crippen molar-refractivity contribution in [1.82, 2.24) is 14.8 Å². The molecule has 1 N–H and O–H groups in total. The zero-order chi connectivity index (χ0) is 30.6. The summed E-state index contributed by atoms with van der Waals surface area (Å²) in [6.07, 6.45) is -5.30. The van der Waals surface area contributed by atoms with E-state index < -0.39 is 41.9 Å². The molecule has 0 amide bonds. The van der Waals surface area contributed by atoms with Crippen molar-refractivity contribution in [3.63, 3.8) is 0 Å². The molecule has 2 aliphatic carbocycles. The van der Waals surface area contributed by atoms with Gasteiger partial charge in [0.05, 0.1) is 11.4 Å². The summed E-state index contributed by atoms with van der Waals surface area (Å²) < 4.78 is 91.6. The average molecular weight is 610 g/mol. The second-order valence-electron chi connectivity index (χ2n) is 11.0. The number of aromatic nitrogens is 3. The number of hydrogen-bond donors (Lipinski definition) is 1. The number of carboxylic acid groups (broad SMARTS) is 1. The van der Waals surface area contributed by atoms with E-state index in [1.54, 1.807) is 6.92 Å². The topological polar surface area (TPSA) is 105 Å². The predicted molar refractivity (Wildman–Crippen MR) is 138 cm³/mol. The molecule has 3 heterocycles. The van der Waals surface area contributed by atoms with Gasteiger partial charge in [0.15, 0.2) is 22.8 Å². The van der Waals surface area contributed by atoms with E-state index in [9.17, 15) is 31.9 Å². The van der Waals surface area contributed by atoms with Crippen molar-refractivity contribution < 1.29 is 50.8 Å². The number of nitrogens with zero attached hydrogens (tertiary/aromatic N) is 3. The fraction of sp³-hybridized carbons (Fsp3) is 0.483. The number of pyridine rings is 1. The standard InChI is InChI=1S/C29H28F5N3O6/c1-16(17-8-9-20-22(14-17)43-29(33,34)42-20)40-23-15-18(10-13-35-23)37-24-19(25(36-37)28(30,31)32)6-5-7-21(24)41-27(26(38)39)11-3-2-4-12-27/h8-10,13-16,21H,2-7,11-12H2,1H3,(H,38,39)/t16-,21?/m0/s1. The van der Waals surface area contributed by atoms with Gasteiger partial charge in [-0.25, -0.2) is 14.5 Å². The van der Waals surface area contributed by atoms with E-state index in [-0.39, 0.29) is 53.6 Å². The minimum Gasteiger partial charge on any atom is -0.479 e. The van der Waals surface area contributed by atoms with Gasteiger partial charge in [0.1, 0.15) is 12.2 Å². The van der Waals surface area contributed by atoms with Crippen LogP contribution in [0.5, 0.6) is 17.4 Å². The molecular formula is C29H28F5N3O6. The molecule has 0 saturated heterocycles. The third kappa shape index (κ3) is 5.59. The third-order valence-corrected chi connectivity index (χ3v) is 8.06. The number of ether oxygens (including phenoxy) is 4. The maximum atomic E-state index is 14.2. The molecule has 1 unspecified atom stereocenters. The van der Waals surface area contributed by atoms with Crippen molar-refractivity contribution in [2.45, 2.75) is 88.6 Å². The van der Waals surface area contributed by atoms with E-state index in [2.05, 4.69) is 19.6 Å². The van der Waals surface area contributed by atoms with E-state index in [1.165, 1.54) is 36.5 Å². The van der Waals surface area contributed by atoms with Crippen molar-refractivity contribution in [2.24, 2.45) is 0 Å². The Morgan fingerprint density at radius 1 is 1.09 bits per heavy atom. The highest BCUT2D eigenvalue weighted by Gasteiger charge is 2.47. The van der Waals surface area contributed by atoms with Gasteiger partial charge in [-0.15, -0.1) is 8.78 Å². The fourth-order valence-corrected chi connectivity index (χ4v) is 6.02. The fourth-order valence-electron chi connectivity index (χ4n) is 6.02. The van der Waals surface area contributed by atoms with E-state index in [1.807, 2.05) is 0 Å². The van der Waals surface area contributed by atoms with Crippen LogP contribution in [0.3, 0.4) is 0 Å². The van der Waals surface area contributed by atoms with Crippen LogP contribution in [-0.2, 0) is 22.1 Å². The number of benzene rings is 1. The Morgan fingerprint density at radius 3 is 2.56 bits per heavy atom. The molecule has 2 atom stereocenters. The third-order valence-electron chi connectivity index (χ3n) is 8.06. The van der Waals surface area contributed by atoms with Gasteiger partial charge < -0.3 is 24.1 Å². The molecule has 1 fully saturated rings. The highest BCUT2D eigenvalue weighted by molar-refractivity contribution is 5.77. The second-order valence-corrected chi connectivity index (χ2v) is 11.0. The van der Waals surface area contributed by atoms with Gasteiger partial charge in [-0.1, -0.05) is 12.5 Å². The Hall–Kier alpha value is -3.94. The highest BCUT2D eigenvalue weighted by Crippen LogP contribution is 2.46. The average Bonchev–Trinajstić information content (AvgIpc) is 3.50. The smallest absolute Gasteiger partial charge is 0.479 e. The van der Waals surface area contributed by atoms with Gasteiger partial charge in [0.2, 0.25) is 5.88 Å². The molecule has 1 aromatic carbocycles. The quantitative estimate of drug-likeness (QED) is 0.288. The van der Waals surface area contributed by atoms with E-state index in [0.29, 0.717) is 31.2 Å². The molecule has 3 aromatic rings. The molecule has 9 nitrogen and oxygen atoms in total. The zero-order valence-electron chi connectivity index (χ0n) is 23.0. The number of halogens is 5. The first kappa shape index (κ1) is 29.1. The van der Waals surface area contributed by atoms with Crippen LogP contribution >= 0.6 is 0 Å². The van der Waals surface area contributed by atoms with Gasteiger partial charge in [0.25, 0.3) is 0 Å². The van der Waals surface area contributed by atoms with Crippen LogP contribution in [0.2, 0.25) is 0 Å². The lowest BCUT2D eigenvalue weighted by Crippen LogP contribution is -2.45. The van der Waals surface area contributed by atoms with Gasteiger partial charge in [-0.2, -0.15) is 18.3 Å². The SMILES string of the molecule is C[C@H](Oc1cc(-n2nc(C(F)(F)F)c3c2C(OC2(C(=O)O)CCCCC2)CCC3)ccn1)c1ccc2c(c1)OC(F)(F)O2. The molecule has 14 heteroatoms. The lowest BCUT2D eigenvalue weighted by atomic mass is 9.83. The number of rotatable bonds is 7. The summed E-state index contributed by atoms with van der Waals surface area (Å²) in [5.74, 6) is -1.37. The van der Waals surface area contributed by atoms with Crippen molar-refractivity contribution in [3.05, 3.63) is 59.0 Å². The maximum absolute atomic E-state index is 14.2. The first-order valence-corrected chi connectivity index (χ1v) is 14.0. The molecule has 43 heavy (non-hydrogen) atoms. The number of alkyl halides is 5. The molecule has 1 saturated carbocycles. The summed E-state index contributed by atoms with van der Waals surface area (Å²) in [5, 5.41) is 14.0. The molecule has 0 spiro atoms. The van der Waals surface area contributed by atoms with Crippen molar-refractivity contribution >= 4 is 5.97 Å². The molecule has 3 aliphatic rings. The van der Waals surface area contributed by atoms with Crippen LogP contribution in [0.4, 0.5) is 22.0 Å². The van der Waals surface area contributed by atoms with Crippen molar-refractivity contribution in [3.8, 4) is 23.1 Å². The summed E-state index contributed by atoms with van der Waals surface area (Å²) in [5.41, 5.74) is -1.73. The Kier molecular flexibility index (Phi) is 7.22. The number of fused-ring (bicyclic) bond motifs is 2. The van der Waals surface area contributed by atoms with Crippen LogP contribution in [0, 0.1) is 0 Å². The molecule has 0 bridgehead atoms. The van der Waals surface area contributed by atoms with Crippen LogP contribution in [-0.4, -0.2) is 37.7 Å². The molecule has 230 valence electrons.